The Hall–Kier alpha value is -0.240. The topological polar surface area (TPSA) is 29.1 Å². The van der Waals surface area contributed by atoms with Crippen LogP contribution in [-0.4, -0.2) is 17.3 Å². The summed E-state index contributed by atoms with van der Waals surface area (Å²) < 4.78 is 0. The molecule has 0 heterocycles. The van der Waals surface area contributed by atoms with Crippen molar-refractivity contribution < 1.29 is 4.79 Å². The molecule has 3 heteroatoms. The Kier molecular flexibility index (Phi) is 5.38. The predicted molar refractivity (Wildman–Crippen MR) is 57.0 cm³/mol. The van der Waals surface area contributed by atoms with E-state index in [2.05, 4.69) is 5.32 Å². The van der Waals surface area contributed by atoms with Gasteiger partial charge in [-0.15, -0.1) is 11.6 Å². The highest BCUT2D eigenvalue weighted by Gasteiger charge is 2.22. The van der Waals surface area contributed by atoms with Crippen molar-refractivity contribution in [3.63, 3.8) is 0 Å². The molecule has 1 N–H and O–H groups in total. The van der Waals surface area contributed by atoms with E-state index in [9.17, 15) is 4.79 Å². The van der Waals surface area contributed by atoms with Crippen molar-refractivity contribution in [3.8, 4) is 0 Å². The Morgan fingerprint density at radius 1 is 1.54 bits per heavy atom. The smallest absolute Gasteiger partial charge is 0.220 e. The Balaban J connectivity index is 4.02. The molecule has 0 aromatic heterocycles. The molecule has 0 bridgehead atoms. The van der Waals surface area contributed by atoms with Gasteiger partial charge in [0.25, 0.3) is 0 Å². The SMILES string of the molecule is CCC(C)(CCl)NC(=O)CC(C)C. The van der Waals surface area contributed by atoms with Crippen LogP contribution in [0.3, 0.4) is 0 Å². The fraction of sp³-hybridized carbons (Fsp3) is 0.900. The fourth-order valence-electron chi connectivity index (χ4n) is 0.975. The van der Waals surface area contributed by atoms with Crippen molar-refractivity contribution in [2.45, 2.75) is 46.1 Å². The molecule has 1 amide bonds. The van der Waals surface area contributed by atoms with Gasteiger partial charge in [-0.3, -0.25) is 4.79 Å². The molecule has 0 spiro atoms. The number of hydrogen-bond acceptors (Lipinski definition) is 1. The first-order valence-electron chi connectivity index (χ1n) is 4.80. The zero-order valence-electron chi connectivity index (χ0n) is 8.98. The van der Waals surface area contributed by atoms with Crippen LogP contribution in [0, 0.1) is 5.92 Å². The molecule has 0 aliphatic carbocycles. The lowest BCUT2D eigenvalue weighted by atomic mass is 10.0. The van der Waals surface area contributed by atoms with Crippen molar-refractivity contribution in [1.29, 1.82) is 0 Å². The van der Waals surface area contributed by atoms with Crippen LogP contribution in [0.15, 0.2) is 0 Å². The molecule has 0 aliphatic heterocycles. The maximum Gasteiger partial charge on any atom is 0.220 e. The second-order valence-corrected chi connectivity index (χ2v) is 4.46. The maximum absolute atomic E-state index is 11.4. The first kappa shape index (κ1) is 12.8. The number of alkyl halides is 1. The van der Waals surface area contributed by atoms with Gasteiger partial charge in [-0.1, -0.05) is 20.8 Å². The summed E-state index contributed by atoms with van der Waals surface area (Å²) >= 11 is 5.77. The van der Waals surface area contributed by atoms with Crippen LogP contribution in [0.4, 0.5) is 0 Å². The van der Waals surface area contributed by atoms with Gasteiger partial charge in [0.2, 0.25) is 5.91 Å². The monoisotopic (exact) mass is 205 g/mol. The highest BCUT2D eigenvalue weighted by molar-refractivity contribution is 6.18. The number of halogens is 1. The zero-order valence-corrected chi connectivity index (χ0v) is 9.74. The minimum absolute atomic E-state index is 0.0972. The van der Waals surface area contributed by atoms with E-state index >= 15 is 0 Å². The molecule has 1 atom stereocenters. The third kappa shape index (κ3) is 5.14. The first-order chi connectivity index (χ1) is 5.93. The van der Waals surface area contributed by atoms with E-state index in [1.165, 1.54) is 0 Å². The van der Waals surface area contributed by atoms with Crippen LogP contribution < -0.4 is 5.32 Å². The Morgan fingerprint density at radius 3 is 2.38 bits per heavy atom. The number of carbonyl (C=O) groups is 1. The van der Waals surface area contributed by atoms with Crippen LogP contribution in [-0.2, 0) is 4.79 Å². The molecule has 1 unspecified atom stereocenters. The van der Waals surface area contributed by atoms with Gasteiger partial charge in [-0.25, -0.2) is 0 Å². The third-order valence-electron chi connectivity index (χ3n) is 2.11. The summed E-state index contributed by atoms with van der Waals surface area (Å²) in [6, 6.07) is 0. The van der Waals surface area contributed by atoms with Crippen molar-refractivity contribution in [2.24, 2.45) is 5.92 Å². The Labute approximate surface area is 86.0 Å². The molecular formula is C10H20ClNO. The molecule has 0 aromatic rings. The summed E-state index contributed by atoms with van der Waals surface area (Å²) in [6.45, 7) is 8.06. The lowest BCUT2D eigenvalue weighted by Gasteiger charge is -2.27. The van der Waals surface area contributed by atoms with Gasteiger partial charge in [0.15, 0.2) is 0 Å². The molecule has 0 fully saturated rings. The van der Waals surface area contributed by atoms with Gasteiger partial charge in [0, 0.05) is 12.3 Å². The summed E-state index contributed by atoms with van der Waals surface area (Å²) in [4.78, 5) is 11.4. The number of rotatable bonds is 5. The largest absolute Gasteiger partial charge is 0.350 e. The number of carbonyl (C=O) groups excluding carboxylic acids is 1. The summed E-state index contributed by atoms with van der Waals surface area (Å²) in [6.07, 6.45) is 1.44. The Bertz CT molecular complexity index is 164. The van der Waals surface area contributed by atoms with Gasteiger partial charge in [0.1, 0.15) is 0 Å². The van der Waals surface area contributed by atoms with E-state index < -0.39 is 0 Å². The lowest BCUT2D eigenvalue weighted by Crippen LogP contribution is -2.47. The van der Waals surface area contributed by atoms with Gasteiger partial charge in [-0.2, -0.15) is 0 Å². The minimum Gasteiger partial charge on any atom is -0.350 e. The van der Waals surface area contributed by atoms with Crippen LogP contribution in [0.25, 0.3) is 0 Å². The quantitative estimate of drug-likeness (QED) is 0.687. The van der Waals surface area contributed by atoms with E-state index in [4.69, 9.17) is 11.6 Å². The van der Waals surface area contributed by atoms with E-state index in [1.807, 2.05) is 27.7 Å². The summed E-state index contributed by atoms with van der Waals surface area (Å²) in [7, 11) is 0. The van der Waals surface area contributed by atoms with Gasteiger partial charge < -0.3 is 5.32 Å². The second kappa shape index (κ2) is 5.48. The fourth-order valence-corrected chi connectivity index (χ4v) is 1.23. The van der Waals surface area contributed by atoms with Crippen molar-refractivity contribution in [2.75, 3.05) is 5.88 Å². The molecular weight excluding hydrogens is 186 g/mol. The third-order valence-corrected chi connectivity index (χ3v) is 2.70. The number of nitrogens with one attached hydrogen (secondary N) is 1. The van der Waals surface area contributed by atoms with Gasteiger partial charge in [0.05, 0.1) is 5.54 Å². The van der Waals surface area contributed by atoms with Gasteiger partial charge in [-0.05, 0) is 19.3 Å². The van der Waals surface area contributed by atoms with Crippen molar-refractivity contribution in [1.82, 2.24) is 5.32 Å². The molecule has 0 rings (SSSR count). The van der Waals surface area contributed by atoms with E-state index in [1.54, 1.807) is 0 Å². The number of amides is 1. The summed E-state index contributed by atoms with van der Waals surface area (Å²) in [5, 5.41) is 2.95. The Morgan fingerprint density at radius 2 is 2.08 bits per heavy atom. The molecule has 13 heavy (non-hydrogen) atoms. The highest BCUT2D eigenvalue weighted by atomic mass is 35.5. The van der Waals surface area contributed by atoms with E-state index in [-0.39, 0.29) is 11.4 Å². The maximum atomic E-state index is 11.4. The molecule has 0 aliphatic rings. The van der Waals surface area contributed by atoms with Crippen LogP contribution in [0.5, 0.6) is 0 Å². The summed E-state index contributed by atoms with van der Waals surface area (Å²) in [5.74, 6) is 0.962. The van der Waals surface area contributed by atoms with E-state index in [0.29, 0.717) is 18.2 Å². The normalized spacial score (nSPS) is 15.5. The highest BCUT2D eigenvalue weighted by Crippen LogP contribution is 2.12. The van der Waals surface area contributed by atoms with E-state index in [0.717, 1.165) is 6.42 Å². The number of hydrogen-bond donors (Lipinski definition) is 1. The molecule has 78 valence electrons. The predicted octanol–water partition coefficient (Wildman–Crippen LogP) is 2.56. The molecule has 2 nitrogen and oxygen atoms in total. The summed E-state index contributed by atoms with van der Waals surface area (Å²) in [5.41, 5.74) is -0.243. The standard InChI is InChI=1S/C10H20ClNO/c1-5-10(4,7-11)12-9(13)6-8(2)3/h8H,5-7H2,1-4H3,(H,12,13). The van der Waals surface area contributed by atoms with Gasteiger partial charge >= 0.3 is 0 Å². The lowest BCUT2D eigenvalue weighted by molar-refractivity contribution is -0.123. The van der Waals surface area contributed by atoms with Crippen molar-refractivity contribution in [3.05, 3.63) is 0 Å². The van der Waals surface area contributed by atoms with Crippen LogP contribution in [0.2, 0.25) is 0 Å². The average molecular weight is 206 g/mol. The van der Waals surface area contributed by atoms with Crippen molar-refractivity contribution >= 4 is 17.5 Å². The van der Waals surface area contributed by atoms with Crippen LogP contribution in [0.1, 0.15) is 40.5 Å². The second-order valence-electron chi connectivity index (χ2n) is 4.19. The first-order valence-corrected chi connectivity index (χ1v) is 5.34. The molecule has 0 aromatic carbocycles. The molecule has 0 radical (unpaired) electrons. The minimum atomic E-state index is -0.243. The van der Waals surface area contributed by atoms with Crippen LogP contribution >= 0.6 is 11.6 Å². The molecule has 0 saturated heterocycles. The molecule has 0 saturated carbocycles. The zero-order chi connectivity index (χ0) is 10.5. The average Bonchev–Trinajstić information content (AvgIpc) is 2.02.